The van der Waals surface area contributed by atoms with Crippen molar-refractivity contribution in [1.29, 1.82) is 0 Å². The minimum Gasteiger partial charge on any atom is -0.506 e. The molecule has 0 atom stereocenters. The number of phenols is 1. The van der Waals surface area contributed by atoms with E-state index < -0.39 is 5.97 Å². The molecule has 2 N–H and O–H groups in total. The van der Waals surface area contributed by atoms with Crippen LogP contribution in [0.3, 0.4) is 0 Å². The molecule has 128 valence electrons. The van der Waals surface area contributed by atoms with Gasteiger partial charge in [0.15, 0.2) is 0 Å². The van der Waals surface area contributed by atoms with E-state index >= 15 is 0 Å². The predicted molar refractivity (Wildman–Crippen MR) is 108 cm³/mol. The van der Waals surface area contributed by atoms with Gasteiger partial charge < -0.3 is 10.2 Å². The number of rotatable bonds is 5. The molecule has 0 fully saturated rings. The number of carboxylic acid groups (broad SMARTS) is 1. The van der Waals surface area contributed by atoms with E-state index in [1.165, 1.54) is 0 Å². The van der Waals surface area contributed by atoms with Gasteiger partial charge in [0.2, 0.25) is 0 Å². The Morgan fingerprint density at radius 3 is 2.48 bits per heavy atom. The maximum Gasteiger partial charge on any atom is 0.303 e. The first-order chi connectivity index (χ1) is 11.9. The topological polar surface area (TPSA) is 70.4 Å². The van der Waals surface area contributed by atoms with Crippen molar-refractivity contribution >= 4 is 71.0 Å². The second kappa shape index (κ2) is 7.68. The largest absolute Gasteiger partial charge is 0.506 e. The number of nitrogens with zero attached hydrogens (tertiary/aromatic N) is 1. The van der Waals surface area contributed by atoms with E-state index in [-0.39, 0.29) is 12.2 Å². The molecule has 0 saturated heterocycles. The fourth-order valence-corrected chi connectivity index (χ4v) is 4.59. The minimum absolute atomic E-state index is 0.0299. The molecule has 25 heavy (non-hydrogen) atoms. The van der Waals surface area contributed by atoms with E-state index in [1.807, 2.05) is 30.3 Å². The molecule has 7 heteroatoms. The van der Waals surface area contributed by atoms with Crippen molar-refractivity contribution in [2.45, 2.75) is 12.8 Å². The molecule has 2 aromatic carbocycles. The number of hydrogen-bond donors (Lipinski definition) is 2. The summed E-state index contributed by atoms with van der Waals surface area (Å²) >= 11 is 8.18. The number of phenolic OH excluding ortho intramolecular Hbond substituents is 1. The van der Waals surface area contributed by atoms with Gasteiger partial charge in [0.1, 0.15) is 10.8 Å². The van der Waals surface area contributed by atoms with Gasteiger partial charge in [-0.15, -0.1) is 11.3 Å². The zero-order valence-electron chi connectivity index (χ0n) is 12.9. The number of carbonyl (C=O) groups is 1. The SMILES string of the molecule is O=C(O)CC/C(=C/c1cc(Br)c(O)c(Br)c1)c1nc2ccccc2s1. The average molecular weight is 483 g/mol. The van der Waals surface area contributed by atoms with Crippen molar-refractivity contribution in [2.75, 3.05) is 0 Å². The summed E-state index contributed by atoms with van der Waals surface area (Å²) in [6.07, 6.45) is 2.32. The quantitative estimate of drug-likeness (QED) is 0.472. The zero-order chi connectivity index (χ0) is 18.0. The third-order valence-electron chi connectivity index (χ3n) is 3.56. The number of carboxylic acids is 1. The highest BCUT2D eigenvalue weighted by atomic mass is 79.9. The summed E-state index contributed by atoms with van der Waals surface area (Å²) in [7, 11) is 0. The molecule has 4 nitrogen and oxygen atoms in total. The van der Waals surface area contributed by atoms with Crippen LogP contribution in [0.5, 0.6) is 5.75 Å². The van der Waals surface area contributed by atoms with Crippen molar-refractivity contribution in [3.63, 3.8) is 0 Å². The van der Waals surface area contributed by atoms with Crippen LogP contribution in [0.2, 0.25) is 0 Å². The molecule has 0 saturated carbocycles. The van der Waals surface area contributed by atoms with Gasteiger partial charge in [-0.25, -0.2) is 4.98 Å². The minimum atomic E-state index is -0.847. The predicted octanol–water partition coefficient (Wildman–Crippen LogP) is 5.93. The second-order valence-corrected chi connectivity index (χ2v) is 8.12. The number of aromatic nitrogens is 1. The van der Waals surface area contributed by atoms with E-state index in [4.69, 9.17) is 5.11 Å². The summed E-state index contributed by atoms with van der Waals surface area (Å²) in [4.78, 5) is 15.7. The van der Waals surface area contributed by atoms with Crippen LogP contribution in [0.4, 0.5) is 0 Å². The summed E-state index contributed by atoms with van der Waals surface area (Å²) in [5, 5.41) is 19.7. The van der Waals surface area contributed by atoms with Crippen LogP contribution in [-0.4, -0.2) is 21.2 Å². The van der Waals surface area contributed by atoms with Gasteiger partial charge in [-0.3, -0.25) is 4.79 Å². The van der Waals surface area contributed by atoms with Crippen LogP contribution >= 0.6 is 43.2 Å². The van der Waals surface area contributed by atoms with E-state index in [0.29, 0.717) is 15.4 Å². The fraction of sp³-hybridized carbons (Fsp3) is 0.111. The highest BCUT2D eigenvalue weighted by Crippen LogP contribution is 2.36. The third-order valence-corrected chi connectivity index (χ3v) is 5.88. The summed E-state index contributed by atoms with van der Waals surface area (Å²) in [6.45, 7) is 0. The number of thiazole rings is 1. The van der Waals surface area contributed by atoms with Gasteiger partial charge in [0.25, 0.3) is 0 Å². The van der Waals surface area contributed by atoms with Crippen molar-refractivity contribution in [1.82, 2.24) is 4.98 Å². The lowest BCUT2D eigenvalue weighted by atomic mass is 10.1. The van der Waals surface area contributed by atoms with Crippen LogP contribution in [0.15, 0.2) is 45.3 Å². The van der Waals surface area contributed by atoms with Crippen LogP contribution in [-0.2, 0) is 4.79 Å². The summed E-state index contributed by atoms with van der Waals surface area (Å²) in [5.41, 5.74) is 2.60. The first-order valence-corrected chi connectivity index (χ1v) is 9.80. The van der Waals surface area contributed by atoms with E-state index in [9.17, 15) is 9.90 Å². The highest BCUT2D eigenvalue weighted by molar-refractivity contribution is 9.11. The highest BCUT2D eigenvalue weighted by Gasteiger charge is 2.12. The van der Waals surface area contributed by atoms with Gasteiger partial charge in [-0.05, 0) is 79.8 Å². The van der Waals surface area contributed by atoms with E-state index in [1.54, 1.807) is 23.5 Å². The number of aliphatic carboxylic acids is 1. The molecule has 0 aliphatic rings. The lowest BCUT2D eigenvalue weighted by molar-refractivity contribution is -0.136. The molecule has 1 heterocycles. The Morgan fingerprint density at radius 2 is 1.84 bits per heavy atom. The molecule has 0 aliphatic carbocycles. The van der Waals surface area contributed by atoms with Crippen LogP contribution in [0.25, 0.3) is 21.9 Å². The maximum absolute atomic E-state index is 11.0. The second-order valence-electron chi connectivity index (χ2n) is 5.38. The number of halogens is 2. The normalized spacial score (nSPS) is 11.8. The van der Waals surface area contributed by atoms with Crippen molar-refractivity contribution < 1.29 is 15.0 Å². The monoisotopic (exact) mass is 481 g/mol. The summed E-state index contributed by atoms with van der Waals surface area (Å²) < 4.78 is 2.19. The molecule has 0 unspecified atom stereocenters. The molecule has 0 amide bonds. The van der Waals surface area contributed by atoms with Crippen LogP contribution < -0.4 is 0 Å². The van der Waals surface area contributed by atoms with Crippen molar-refractivity contribution in [3.8, 4) is 5.75 Å². The zero-order valence-corrected chi connectivity index (χ0v) is 16.9. The molecule has 0 radical (unpaired) electrons. The van der Waals surface area contributed by atoms with Crippen molar-refractivity contribution in [2.24, 2.45) is 0 Å². The average Bonchev–Trinajstić information content (AvgIpc) is 3.00. The Kier molecular flexibility index (Phi) is 5.56. The van der Waals surface area contributed by atoms with Crippen molar-refractivity contribution in [3.05, 3.63) is 55.9 Å². The number of allylic oxidation sites excluding steroid dienone is 1. The summed E-state index contributed by atoms with van der Waals surface area (Å²) in [5.74, 6) is -0.718. The Bertz CT molecular complexity index is 925. The smallest absolute Gasteiger partial charge is 0.303 e. The lowest BCUT2D eigenvalue weighted by Gasteiger charge is -2.06. The fourth-order valence-electron chi connectivity index (χ4n) is 2.36. The molecular weight excluding hydrogens is 470 g/mol. The Hall–Kier alpha value is -1.70. The van der Waals surface area contributed by atoms with Gasteiger partial charge in [0.05, 0.1) is 19.2 Å². The summed E-state index contributed by atoms with van der Waals surface area (Å²) in [6, 6.07) is 11.4. The number of fused-ring (bicyclic) bond motifs is 1. The van der Waals surface area contributed by atoms with E-state index in [2.05, 4.69) is 36.8 Å². The van der Waals surface area contributed by atoms with Gasteiger partial charge >= 0.3 is 5.97 Å². The molecule has 0 bridgehead atoms. The third kappa shape index (κ3) is 4.29. The Balaban J connectivity index is 2.06. The number of aromatic hydroxyl groups is 1. The first kappa shape index (κ1) is 18.1. The number of benzene rings is 2. The molecule has 3 aromatic rings. The molecule has 1 aromatic heterocycles. The first-order valence-electron chi connectivity index (χ1n) is 7.40. The van der Waals surface area contributed by atoms with Gasteiger partial charge in [-0.1, -0.05) is 12.1 Å². The number of hydrogen-bond acceptors (Lipinski definition) is 4. The lowest BCUT2D eigenvalue weighted by Crippen LogP contribution is -1.95. The molecule has 0 spiro atoms. The Morgan fingerprint density at radius 1 is 1.16 bits per heavy atom. The molecular formula is C18H13Br2NO3S. The number of para-hydroxylation sites is 1. The van der Waals surface area contributed by atoms with Crippen LogP contribution in [0.1, 0.15) is 23.4 Å². The standard InChI is InChI=1S/C18H13Br2NO3S/c19-12-8-10(9-13(20)17(12)24)7-11(5-6-16(22)23)18-21-14-3-1-2-4-15(14)25-18/h1-4,7-9,24H,5-6H2,(H,22,23)/b11-7-. The molecule has 3 rings (SSSR count). The van der Waals surface area contributed by atoms with Gasteiger partial charge in [-0.2, -0.15) is 0 Å². The Labute approximate surface area is 165 Å². The van der Waals surface area contributed by atoms with Gasteiger partial charge in [0, 0.05) is 6.42 Å². The van der Waals surface area contributed by atoms with E-state index in [0.717, 1.165) is 26.4 Å². The van der Waals surface area contributed by atoms with Crippen LogP contribution in [0, 0.1) is 0 Å². The maximum atomic E-state index is 11.0. The molecule has 0 aliphatic heterocycles.